The predicted molar refractivity (Wildman–Crippen MR) is 73.6 cm³/mol. The van der Waals surface area contributed by atoms with Gasteiger partial charge < -0.3 is 9.84 Å². The van der Waals surface area contributed by atoms with E-state index >= 15 is 0 Å². The molecule has 1 heterocycles. The molecule has 106 valence electrons. The number of rotatable bonds is 6. The lowest BCUT2D eigenvalue weighted by molar-refractivity contribution is 0.112. The monoisotopic (exact) mass is 275 g/mol. The number of aryl methyl sites for hydroxylation is 1. The molecule has 6 heteroatoms. The number of unbranched alkanes of at least 4 members (excludes halogenated alkanes) is 1. The van der Waals surface area contributed by atoms with Crippen molar-refractivity contribution in [2.45, 2.75) is 26.7 Å². The SMILES string of the molecule is CCCCOc1nn(-c2ccc(C=O)c(O)c2)nc1C. The summed E-state index contributed by atoms with van der Waals surface area (Å²) in [5, 5.41) is 18.1. The molecule has 20 heavy (non-hydrogen) atoms. The Hall–Kier alpha value is -2.37. The van der Waals surface area contributed by atoms with Crippen LogP contribution in [-0.4, -0.2) is 33.0 Å². The first-order valence-corrected chi connectivity index (χ1v) is 6.51. The first-order valence-electron chi connectivity index (χ1n) is 6.51. The van der Waals surface area contributed by atoms with Crippen LogP contribution in [0.1, 0.15) is 35.8 Å². The number of hydrogen-bond donors (Lipinski definition) is 1. The number of aldehydes is 1. The second kappa shape index (κ2) is 6.18. The van der Waals surface area contributed by atoms with Gasteiger partial charge in [-0.2, -0.15) is 0 Å². The Kier molecular flexibility index (Phi) is 4.34. The van der Waals surface area contributed by atoms with Crippen LogP contribution in [0.4, 0.5) is 0 Å². The summed E-state index contributed by atoms with van der Waals surface area (Å²) in [5.41, 5.74) is 1.48. The highest BCUT2D eigenvalue weighted by atomic mass is 16.5. The van der Waals surface area contributed by atoms with Gasteiger partial charge in [-0.15, -0.1) is 15.0 Å². The Bertz CT molecular complexity index is 608. The largest absolute Gasteiger partial charge is 0.507 e. The Morgan fingerprint density at radius 1 is 1.40 bits per heavy atom. The molecule has 0 atom stereocenters. The summed E-state index contributed by atoms with van der Waals surface area (Å²) < 4.78 is 5.54. The van der Waals surface area contributed by atoms with Gasteiger partial charge in [0, 0.05) is 6.07 Å². The van der Waals surface area contributed by atoms with Crippen LogP contribution < -0.4 is 4.74 Å². The topological polar surface area (TPSA) is 77.2 Å². The number of carbonyl (C=O) groups is 1. The molecule has 1 aromatic heterocycles. The molecule has 0 amide bonds. The van der Waals surface area contributed by atoms with Crippen LogP contribution in [-0.2, 0) is 0 Å². The minimum absolute atomic E-state index is 0.0964. The Balaban J connectivity index is 2.22. The number of phenolic OH excluding ortho intramolecular Hbond substituents is 1. The third-order valence-corrected chi connectivity index (χ3v) is 2.85. The summed E-state index contributed by atoms with van der Waals surface area (Å²) >= 11 is 0. The quantitative estimate of drug-likeness (QED) is 0.646. The van der Waals surface area contributed by atoms with Crippen molar-refractivity contribution in [3.8, 4) is 17.3 Å². The zero-order valence-corrected chi connectivity index (χ0v) is 11.5. The fourth-order valence-corrected chi connectivity index (χ4v) is 1.68. The van der Waals surface area contributed by atoms with Crippen LogP contribution in [0.25, 0.3) is 5.69 Å². The van der Waals surface area contributed by atoms with Crippen molar-refractivity contribution in [1.82, 2.24) is 15.0 Å². The summed E-state index contributed by atoms with van der Waals surface area (Å²) in [4.78, 5) is 12.0. The van der Waals surface area contributed by atoms with Gasteiger partial charge in [0.15, 0.2) is 6.29 Å². The van der Waals surface area contributed by atoms with Crippen molar-refractivity contribution in [2.24, 2.45) is 0 Å². The lowest BCUT2D eigenvalue weighted by atomic mass is 10.2. The Labute approximate surface area is 117 Å². The van der Waals surface area contributed by atoms with E-state index < -0.39 is 0 Å². The molecule has 2 aromatic rings. The van der Waals surface area contributed by atoms with Crippen LogP contribution in [0, 0.1) is 6.92 Å². The molecule has 1 N–H and O–H groups in total. The first-order chi connectivity index (χ1) is 9.65. The molecular formula is C14H17N3O3. The molecule has 2 rings (SSSR count). The van der Waals surface area contributed by atoms with E-state index in [1.807, 2.05) is 6.92 Å². The van der Waals surface area contributed by atoms with Crippen molar-refractivity contribution in [3.63, 3.8) is 0 Å². The summed E-state index contributed by atoms with van der Waals surface area (Å²) in [7, 11) is 0. The molecule has 0 spiro atoms. The highest BCUT2D eigenvalue weighted by Crippen LogP contribution is 2.21. The van der Waals surface area contributed by atoms with Gasteiger partial charge in [0.1, 0.15) is 11.4 Å². The maximum Gasteiger partial charge on any atom is 0.256 e. The third-order valence-electron chi connectivity index (χ3n) is 2.85. The molecule has 1 aromatic carbocycles. The zero-order valence-electron chi connectivity index (χ0n) is 11.5. The van der Waals surface area contributed by atoms with Gasteiger partial charge in [-0.05, 0) is 25.5 Å². The molecule has 0 aliphatic heterocycles. The number of hydrogen-bond acceptors (Lipinski definition) is 5. The van der Waals surface area contributed by atoms with E-state index in [1.165, 1.54) is 16.9 Å². The average Bonchev–Trinajstić information content (AvgIpc) is 2.80. The van der Waals surface area contributed by atoms with Gasteiger partial charge in [-0.1, -0.05) is 13.3 Å². The van der Waals surface area contributed by atoms with Gasteiger partial charge in [0.25, 0.3) is 5.88 Å². The Morgan fingerprint density at radius 3 is 2.85 bits per heavy atom. The van der Waals surface area contributed by atoms with Gasteiger partial charge in [-0.3, -0.25) is 4.79 Å². The van der Waals surface area contributed by atoms with E-state index in [0.29, 0.717) is 30.2 Å². The zero-order chi connectivity index (χ0) is 14.5. The smallest absolute Gasteiger partial charge is 0.256 e. The number of nitrogens with zero attached hydrogens (tertiary/aromatic N) is 3. The summed E-state index contributed by atoms with van der Waals surface area (Å²) in [6.45, 7) is 4.50. The van der Waals surface area contributed by atoms with Crippen LogP contribution >= 0.6 is 0 Å². The third kappa shape index (κ3) is 2.96. The summed E-state index contributed by atoms with van der Waals surface area (Å²) in [6, 6.07) is 4.63. The van der Waals surface area contributed by atoms with E-state index in [1.54, 1.807) is 6.07 Å². The van der Waals surface area contributed by atoms with E-state index in [4.69, 9.17) is 4.74 Å². The molecule has 0 saturated heterocycles. The molecule has 0 radical (unpaired) electrons. The van der Waals surface area contributed by atoms with E-state index in [-0.39, 0.29) is 11.3 Å². The van der Waals surface area contributed by atoms with Gasteiger partial charge in [-0.25, -0.2) is 0 Å². The predicted octanol–water partition coefficient (Wildman–Crippen LogP) is 2.27. The number of carbonyl (C=O) groups excluding carboxylic acids is 1. The van der Waals surface area contributed by atoms with E-state index in [0.717, 1.165) is 12.8 Å². The number of aromatic nitrogens is 3. The summed E-state index contributed by atoms with van der Waals surface area (Å²) in [5.74, 6) is 0.387. The molecule has 6 nitrogen and oxygen atoms in total. The number of ether oxygens (including phenoxy) is 1. The number of phenols is 1. The first kappa shape index (κ1) is 14.0. The fourth-order valence-electron chi connectivity index (χ4n) is 1.68. The molecule has 0 aliphatic carbocycles. The second-order valence-electron chi connectivity index (χ2n) is 4.44. The maximum absolute atomic E-state index is 10.7. The molecule has 0 bridgehead atoms. The highest BCUT2D eigenvalue weighted by molar-refractivity contribution is 5.79. The van der Waals surface area contributed by atoms with Gasteiger partial charge >= 0.3 is 0 Å². The lowest BCUT2D eigenvalue weighted by Crippen LogP contribution is -2.01. The van der Waals surface area contributed by atoms with Crippen molar-refractivity contribution in [1.29, 1.82) is 0 Å². The van der Waals surface area contributed by atoms with Crippen molar-refractivity contribution >= 4 is 6.29 Å². The van der Waals surface area contributed by atoms with Crippen LogP contribution in [0.15, 0.2) is 18.2 Å². The van der Waals surface area contributed by atoms with Gasteiger partial charge in [0.05, 0.1) is 17.9 Å². The van der Waals surface area contributed by atoms with Crippen LogP contribution in [0.2, 0.25) is 0 Å². The summed E-state index contributed by atoms with van der Waals surface area (Å²) in [6.07, 6.45) is 2.61. The van der Waals surface area contributed by atoms with Crippen molar-refractivity contribution < 1.29 is 14.6 Å². The average molecular weight is 275 g/mol. The van der Waals surface area contributed by atoms with Crippen LogP contribution in [0.3, 0.4) is 0 Å². The van der Waals surface area contributed by atoms with Gasteiger partial charge in [0.2, 0.25) is 0 Å². The second-order valence-corrected chi connectivity index (χ2v) is 4.44. The van der Waals surface area contributed by atoms with Crippen molar-refractivity contribution in [2.75, 3.05) is 6.61 Å². The van der Waals surface area contributed by atoms with E-state index in [9.17, 15) is 9.90 Å². The molecule has 0 fully saturated rings. The normalized spacial score (nSPS) is 10.5. The fraction of sp³-hybridized carbons (Fsp3) is 0.357. The minimum atomic E-state index is -0.0964. The number of benzene rings is 1. The van der Waals surface area contributed by atoms with Crippen LogP contribution in [0.5, 0.6) is 11.6 Å². The number of aromatic hydroxyl groups is 1. The molecular weight excluding hydrogens is 258 g/mol. The molecule has 0 aliphatic rings. The molecule has 0 saturated carbocycles. The molecule has 0 unspecified atom stereocenters. The van der Waals surface area contributed by atoms with Crippen molar-refractivity contribution in [3.05, 3.63) is 29.5 Å². The lowest BCUT2D eigenvalue weighted by Gasteiger charge is -2.02. The maximum atomic E-state index is 10.7. The Morgan fingerprint density at radius 2 is 2.20 bits per heavy atom. The standard InChI is InChI=1S/C14H17N3O3/c1-3-4-7-20-14-10(2)15-17(16-14)12-6-5-11(9-18)13(19)8-12/h5-6,8-9,19H,3-4,7H2,1-2H3. The highest BCUT2D eigenvalue weighted by Gasteiger charge is 2.11. The van der Waals surface area contributed by atoms with E-state index in [2.05, 4.69) is 17.1 Å². The minimum Gasteiger partial charge on any atom is -0.507 e.